The topological polar surface area (TPSA) is 55.1 Å². The summed E-state index contributed by atoms with van der Waals surface area (Å²) in [6.45, 7) is 0. The van der Waals surface area contributed by atoms with Gasteiger partial charge in [0.15, 0.2) is 5.82 Å². The Labute approximate surface area is 142 Å². The molecule has 0 atom stereocenters. The van der Waals surface area contributed by atoms with Crippen LogP contribution in [-0.2, 0) is 6.18 Å². The lowest BCUT2D eigenvalue weighted by atomic mass is 10.1. The summed E-state index contributed by atoms with van der Waals surface area (Å²) in [5, 5.41) is 10.2. The smallest absolute Gasteiger partial charge is 0.416 e. The van der Waals surface area contributed by atoms with E-state index in [1.54, 1.807) is 0 Å². The molecule has 1 N–H and O–H groups in total. The number of fused-ring (bicyclic) bond motifs is 1. The highest BCUT2D eigenvalue weighted by Gasteiger charge is 2.31. The predicted molar refractivity (Wildman–Crippen MR) is 83.6 cm³/mol. The van der Waals surface area contributed by atoms with Crippen LogP contribution in [0, 0.1) is 0 Å². The quantitative estimate of drug-likeness (QED) is 0.632. The van der Waals surface area contributed by atoms with E-state index in [2.05, 4.69) is 4.98 Å². The number of alkyl halides is 3. The molecule has 0 spiro atoms. The van der Waals surface area contributed by atoms with Crippen molar-refractivity contribution in [3.8, 4) is 11.4 Å². The molecule has 0 unspecified atom stereocenters. The highest BCUT2D eigenvalue weighted by atomic mass is 35.5. The second-order valence-corrected chi connectivity index (χ2v) is 5.76. The third-order valence-corrected chi connectivity index (χ3v) is 3.82. The molecular weight excluding hydrogens is 368 g/mol. The van der Waals surface area contributed by atoms with Crippen molar-refractivity contribution in [2.24, 2.45) is 0 Å². The van der Waals surface area contributed by atoms with E-state index in [0.29, 0.717) is 0 Å². The molecule has 0 bridgehead atoms. The Balaban J connectivity index is 2.32. The minimum Gasteiger partial charge on any atom is -0.423 e. The zero-order valence-electron chi connectivity index (χ0n) is 11.6. The van der Waals surface area contributed by atoms with Crippen LogP contribution in [0.4, 0.5) is 13.2 Å². The molecule has 0 amide bonds. The maximum absolute atomic E-state index is 12.8. The minimum absolute atomic E-state index is 0.0313. The van der Waals surface area contributed by atoms with Crippen LogP contribution in [-0.4, -0.2) is 14.9 Å². The van der Waals surface area contributed by atoms with Gasteiger partial charge in [0.05, 0.1) is 21.5 Å². The second-order valence-electron chi connectivity index (χ2n) is 4.91. The van der Waals surface area contributed by atoms with E-state index in [1.165, 1.54) is 18.2 Å². The zero-order chi connectivity index (χ0) is 17.6. The monoisotopic (exact) mass is 374 g/mol. The van der Waals surface area contributed by atoms with Crippen LogP contribution in [0.3, 0.4) is 0 Å². The van der Waals surface area contributed by atoms with Gasteiger partial charge in [-0.1, -0.05) is 35.3 Å². The standard InChI is InChI=1S/C15H7Cl2F3N2O2/c16-9-5-10-12(11(17)6-9)21-13(22(24)14(10)23)7-2-1-3-8(4-7)15(18,19)20/h1-6,24H. The lowest BCUT2D eigenvalue weighted by Crippen LogP contribution is -2.21. The molecule has 2 aromatic carbocycles. The Morgan fingerprint density at radius 2 is 1.83 bits per heavy atom. The lowest BCUT2D eigenvalue weighted by molar-refractivity contribution is -0.137. The Bertz CT molecular complexity index is 1020. The van der Waals surface area contributed by atoms with Gasteiger partial charge in [-0.3, -0.25) is 4.79 Å². The number of hydrogen-bond acceptors (Lipinski definition) is 3. The number of aromatic nitrogens is 2. The van der Waals surface area contributed by atoms with Gasteiger partial charge in [0.1, 0.15) is 0 Å². The Morgan fingerprint density at radius 1 is 1.12 bits per heavy atom. The molecule has 0 aliphatic rings. The molecule has 9 heteroatoms. The lowest BCUT2D eigenvalue weighted by Gasteiger charge is -2.11. The summed E-state index contributed by atoms with van der Waals surface area (Å²) in [5.41, 5.74) is -1.88. The highest BCUT2D eigenvalue weighted by Crippen LogP contribution is 2.32. The number of halogens is 5. The average Bonchev–Trinajstić information content (AvgIpc) is 2.50. The van der Waals surface area contributed by atoms with Crippen LogP contribution in [0.1, 0.15) is 5.56 Å². The molecule has 1 aromatic heterocycles. The fraction of sp³-hybridized carbons (Fsp3) is 0.0667. The van der Waals surface area contributed by atoms with Crippen molar-refractivity contribution in [1.82, 2.24) is 9.71 Å². The first-order chi connectivity index (χ1) is 11.2. The van der Waals surface area contributed by atoms with Crippen molar-refractivity contribution in [3.63, 3.8) is 0 Å². The maximum atomic E-state index is 12.8. The summed E-state index contributed by atoms with van der Waals surface area (Å²) in [6, 6.07) is 6.70. The zero-order valence-corrected chi connectivity index (χ0v) is 13.1. The van der Waals surface area contributed by atoms with Crippen molar-refractivity contribution < 1.29 is 18.4 Å². The number of benzene rings is 2. The van der Waals surface area contributed by atoms with Crippen LogP contribution < -0.4 is 5.56 Å². The number of nitrogens with zero attached hydrogens (tertiary/aromatic N) is 2. The molecule has 0 aliphatic heterocycles. The fourth-order valence-electron chi connectivity index (χ4n) is 2.23. The summed E-state index contributed by atoms with van der Waals surface area (Å²) in [4.78, 5) is 16.3. The van der Waals surface area contributed by atoms with E-state index in [1.807, 2.05) is 0 Å². The molecule has 0 saturated carbocycles. The molecule has 4 nitrogen and oxygen atoms in total. The van der Waals surface area contributed by atoms with Gasteiger partial charge in [-0.25, -0.2) is 4.98 Å². The van der Waals surface area contributed by atoms with E-state index in [9.17, 15) is 23.2 Å². The molecule has 0 radical (unpaired) electrons. The Morgan fingerprint density at radius 3 is 2.50 bits per heavy atom. The van der Waals surface area contributed by atoms with Crippen molar-refractivity contribution in [2.45, 2.75) is 6.18 Å². The average molecular weight is 375 g/mol. The van der Waals surface area contributed by atoms with Crippen molar-refractivity contribution in [3.05, 3.63) is 62.4 Å². The summed E-state index contributed by atoms with van der Waals surface area (Å²) < 4.78 is 38.7. The maximum Gasteiger partial charge on any atom is 0.416 e. The second kappa shape index (κ2) is 5.68. The molecule has 0 aliphatic carbocycles. The molecule has 24 heavy (non-hydrogen) atoms. The van der Waals surface area contributed by atoms with Gasteiger partial charge in [0.2, 0.25) is 0 Å². The first-order valence-corrected chi connectivity index (χ1v) is 7.23. The van der Waals surface area contributed by atoms with Crippen LogP contribution in [0.15, 0.2) is 41.2 Å². The Kier molecular flexibility index (Phi) is 3.93. The van der Waals surface area contributed by atoms with Gasteiger partial charge in [-0.15, -0.1) is 4.73 Å². The molecule has 1 heterocycles. The van der Waals surface area contributed by atoms with Crippen molar-refractivity contribution in [2.75, 3.05) is 0 Å². The minimum atomic E-state index is -4.57. The van der Waals surface area contributed by atoms with Gasteiger partial charge in [-0.2, -0.15) is 13.2 Å². The highest BCUT2D eigenvalue weighted by molar-refractivity contribution is 6.38. The number of rotatable bonds is 1. The van der Waals surface area contributed by atoms with E-state index in [4.69, 9.17) is 23.2 Å². The van der Waals surface area contributed by atoms with Gasteiger partial charge >= 0.3 is 6.18 Å². The van der Waals surface area contributed by atoms with Gasteiger partial charge < -0.3 is 5.21 Å². The van der Waals surface area contributed by atoms with E-state index < -0.39 is 17.3 Å². The Hall–Kier alpha value is -2.25. The molecule has 0 saturated heterocycles. The SMILES string of the molecule is O=c1c2cc(Cl)cc(Cl)c2nc(-c2cccc(C(F)(F)F)c2)n1O. The number of hydrogen-bond donors (Lipinski definition) is 1. The van der Waals surface area contributed by atoms with Crippen LogP contribution in [0.2, 0.25) is 10.0 Å². The van der Waals surface area contributed by atoms with Gasteiger partial charge in [0, 0.05) is 10.6 Å². The molecule has 3 aromatic rings. The fourth-order valence-corrected chi connectivity index (χ4v) is 2.76. The third kappa shape index (κ3) is 2.81. The molecule has 124 valence electrons. The summed E-state index contributed by atoms with van der Waals surface area (Å²) in [7, 11) is 0. The van der Waals surface area contributed by atoms with E-state index in [0.717, 1.165) is 18.2 Å². The molecular formula is C15H7Cl2F3N2O2. The van der Waals surface area contributed by atoms with E-state index >= 15 is 0 Å². The van der Waals surface area contributed by atoms with Crippen LogP contribution in [0.5, 0.6) is 0 Å². The third-order valence-electron chi connectivity index (χ3n) is 3.32. The van der Waals surface area contributed by atoms with Crippen molar-refractivity contribution in [1.29, 1.82) is 0 Å². The predicted octanol–water partition coefficient (Wildman–Crippen LogP) is 4.63. The first-order valence-electron chi connectivity index (χ1n) is 6.47. The van der Waals surface area contributed by atoms with Crippen LogP contribution >= 0.6 is 23.2 Å². The largest absolute Gasteiger partial charge is 0.423 e. The van der Waals surface area contributed by atoms with Crippen LogP contribution in [0.25, 0.3) is 22.3 Å². The first kappa shape index (κ1) is 16.6. The normalized spacial score (nSPS) is 11.9. The van der Waals surface area contributed by atoms with Gasteiger partial charge in [-0.05, 0) is 24.3 Å². The molecule has 3 rings (SSSR count). The van der Waals surface area contributed by atoms with Gasteiger partial charge in [0.25, 0.3) is 5.56 Å². The summed E-state index contributed by atoms with van der Waals surface area (Å²) >= 11 is 11.8. The summed E-state index contributed by atoms with van der Waals surface area (Å²) in [6.07, 6.45) is -4.57. The summed E-state index contributed by atoms with van der Waals surface area (Å²) in [5.74, 6) is -0.358. The van der Waals surface area contributed by atoms with Crippen molar-refractivity contribution >= 4 is 34.1 Å². The molecule has 0 fully saturated rings. The van der Waals surface area contributed by atoms with E-state index in [-0.39, 0.29) is 37.1 Å².